The van der Waals surface area contributed by atoms with Gasteiger partial charge in [-0.1, -0.05) is 12.8 Å². The molecular formula is C13H18N2O4. The molecule has 0 bridgehead atoms. The van der Waals surface area contributed by atoms with E-state index in [1.165, 1.54) is 0 Å². The molecule has 19 heavy (non-hydrogen) atoms. The third-order valence-corrected chi connectivity index (χ3v) is 3.53. The van der Waals surface area contributed by atoms with Crippen LogP contribution in [0.4, 0.5) is 0 Å². The topological polar surface area (TPSA) is 92.4 Å². The van der Waals surface area contributed by atoms with Crippen LogP contribution in [0.2, 0.25) is 0 Å². The SMILES string of the molecule is Cc1nc(C)c(C(=O)NC(C(=O)O)C2CCCC2)o1. The van der Waals surface area contributed by atoms with Crippen LogP contribution in [0.3, 0.4) is 0 Å². The van der Waals surface area contributed by atoms with Crippen LogP contribution in [0.5, 0.6) is 0 Å². The van der Waals surface area contributed by atoms with E-state index in [-0.39, 0.29) is 11.7 Å². The number of aliphatic carboxylic acids is 1. The number of rotatable bonds is 4. The Kier molecular flexibility index (Phi) is 3.87. The maximum absolute atomic E-state index is 12.0. The molecule has 0 aromatic carbocycles. The maximum Gasteiger partial charge on any atom is 0.326 e. The van der Waals surface area contributed by atoms with Crippen molar-refractivity contribution in [1.82, 2.24) is 10.3 Å². The van der Waals surface area contributed by atoms with Crippen molar-refractivity contribution >= 4 is 11.9 Å². The molecule has 1 unspecified atom stereocenters. The van der Waals surface area contributed by atoms with Crippen molar-refractivity contribution in [1.29, 1.82) is 0 Å². The molecule has 1 aliphatic rings. The summed E-state index contributed by atoms with van der Waals surface area (Å²) in [4.78, 5) is 27.3. The second kappa shape index (κ2) is 5.42. The fourth-order valence-electron chi connectivity index (χ4n) is 2.62. The summed E-state index contributed by atoms with van der Waals surface area (Å²) in [7, 11) is 0. The molecule has 1 atom stereocenters. The van der Waals surface area contributed by atoms with Gasteiger partial charge in [0, 0.05) is 6.92 Å². The fraction of sp³-hybridized carbons (Fsp3) is 0.615. The quantitative estimate of drug-likeness (QED) is 0.864. The van der Waals surface area contributed by atoms with Crippen molar-refractivity contribution in [3.8, 4) is 0 Å². The van der Waals surface area contributed by atoms with E-state index in [9.17, 15) is 14.7 Å². The summed E-state index contributed by atoms with van der Waals surface area (Å²) in [6.45, 7) is 3.31. The average Bonchev–Trinajstić information content (AvgIpc) is 2.95. The molecule has 1 heterocycles. The molecule has 2 N–H and O–H groups in total. The van der Waals surface area contributed by atoms with Gasteiger partial charge >= 0.3 is 5.97 Å². The predicted molar refractivity (Wildman–Crippen MR) is 66.8 cm³/mol. The minimum absolute atomic E-state index is 0.00535. The van der Waals surface area contributed by atoms with E-state index in [2.05, 4.69) is 10.3 Å². The lowest BCUT2D eigenvalue weighted by Gasteiger charge is -2.19. The number of aromatic nitrogens is 1. The van der Waals surface area contributed by atoms with Crippen LogP contribution in [0, 0.1) is 19.8 Å². The number of hydrogen-bond donors (Lipinski definition) is 2. The largest absolute Gasteiger partial charge is 0.480 e. The van der Waals surface area contributed by atoms with E-state index in [1.54, 1.807) is 13.8 Å². The summed E-state index contributed by atoms with van der Waals surface area (Å²) in [6, 6.07) is -0.847. The zero-order chi connectivity index (χ0) is 14.0. The molecule has 0 saturated heterocycles. The molecule has 1 aromatic heterocycles. The Labute approximate surface area is 111 Å². The van der Waals surface area contributed by atoms with Gasteiger partial charge in [0.15, 0.2) is 5.89 Å². The first-order valence-corrected chi connectivity index (χ1v) is 6.46. The van der Waals surface area contributed by atoms with Gasteiger partial charge in [0.05, 0.1) is 5.69 Å². The molecule has 1 fully saturated rings. The minimum Gasteiger partial charge on any atom is -0.480 e. The molecule has 1 aliphatic carbocycles. The molecule has 1 aromatic rings. The summed E-state index contributed by atoms with van der Waals surface area (Å²) in [5.41, 5.74) is 0.477. The molecular weight excluding hydrogens is 248 g/mol. The van der Waals surface area contributed by atoms with Crippen LogP contribution in [-0.4, -0.2) is 28.0 Å². The van der Waals surface area contributed by atoms with E-state index in [0.29, 0.717) is 11.6 Å². The van der Waals surface area contributed by atoms with Gasteiger partial charge in [-0.25, -0.2) is 9.78 Å². The number of carboxylic acids is 1. The first-order chi connectivity index (χ1) is 8.99. The van der Waals surface area contributed by atoms with Gasteiger partial charge in [-0.15, -0.1) is 0 Å². The summed E-state index contributed by atoms with van der Waals surface area (Å²) >= 11 is 0. The van der Waals surface area contributed by atoms with E-state index >= 15 is 0 Å². The van der Waals surface area contributed by atoms with E-state index in [0.717, 1.165) is 25.7 Å². The highest BCUT2D eigenvalue weighted by molar-refractivity contribution is 5.95. The summed E-state index contributed by atoms with van der Waals surface area (Å²) in [5.74, 6) is -0.991. The number of hydrogen-bond acceptors (Lipinski definition) is 4. The molecule has 1 amide bonds. The zero-order valence-corrected chi connectivity index (χ0v) is 11.1. The lowest BCUT2D eigenvalue weighted by Crippen LogP contribution is -2.45. The molecule has 6 nitrogen and oxygen atoms in total. The van der Waals surface area contributed by atoms with Gasteiger partial charge in [-0.2, -0.15) is 0 Å². The number of amides is 1. The molecule has 104 valence electrons. The molecule has 0 spiro atoms. The Balaban J connectivity index is 2.10. The Morgan fingerprint density at radius 2 is 2.00 bits per heavy atom. The van der Waals surface area contributed by atoms with Crippen molar-refractivity contribution in [3.63, 3.8) is 0 Å². The molecule has 0 aliphatic heterocycles. The van der Waals surface area contributed by atoms with E-state index < -0.39 is 17.9 Å². The van der Waals surface area contributed by atoms with Crippen molar-refractivity contribution < 1.29 is 19.1 Å². The standard InChI is InChI=1S/C13H18N2O4/c1-7-11(19-8(2)14-7)12(16)15-10(13(17)18)9-5-3-4-6-9/h9-10H,3-6H2,1-2H3,(H,15,16)(H,17,18). The van der Waals surface area contributed by atoms with Crippen LogP contribution in [0.15, 0.2) is 4.42 Å². The van der Waals surface area contributed by atoms with Gasteiger partial charge in [0.1, 0.15) is 6.04 Å². The summed E-state index contributed by atoms with van der Waals surface area (Å²) in [6.07, 6.45) is 3.72. The Morgan fingerprint density at radius 3 is 2.47 bits per heavy atom. The highest BCUT2D eigenvalue weighted by atomic mass is 16.4. The third-order valence-electron chi connectivity index (χ3n) is 3.53. The normalized spacial score (nSPS) is 17.4. The molecule has 1 saturated carbocycles. The number of nitrogens with zero attached hydrogens (tertiary/aromatic N) is 1. The van der Waals surface area contributed by atoms with Crippen LogP contribution < -0.4 is 5.32 Å². The third kappa shape index (κ3) is 2.94. The Morgan fingerprint density at radius 1 is 1.37 bits per heavy atom. The highest BCUT2D eigenvalue weighted by Gasteiger charge is 2.33. The average molecular weight is 266 g/mol. The summed E-state index contributed by atoms with van der Waals surface area (Å²) < 4.78 is 5.20. The van der Waals surface area contributed by atoms with Crippen LogP contribution in [0.1, 0.15) is 47.8 Å². The monoisotopic (exact) mass is 266 g/mol. The van der Waals surface area contributed by atoms with Crippen LogP contribution in [-0.2, 0) is 4.79 Å². The maximum atomic E-state index is 12.0. The first kappa shape index (κ1) is 13.6. The van der Waals surface area contributed by atoms with Gasteiger partial charge in [-0.3, -0.25) is 4.79 Å². The Bertz CT molecular complexity index is 489. The molecule has 0 radical (unpaired) electrons. The lowest BCUT2D eigenvalue weighted by molar-refractivity contribution is -0.140. The fourth-order valence-corrected chi connectivity index (χ4v) is 2.62. The lowest BCUT2D eigenvalue weighted by atomic mass is 9.98. The highest BCUT2D eigenvalue weighted by Crippen LogP contribution is 2.28. The summed E-state index contributed by atoms with van der Waals surface area (Å²) in [5, 5.41) is 11.8. The number of oxazole rings is 1. The molecule has 2 rings (SSSR count). The number of aryl methyl sites for hydroxylation is 2. The zero-order valence-electron chi connectivity index (χ0n) is 11.1. The van der Waals surface area contributed by atoms with Gasteiger partial charge in [-0.05, 0) is 25.7 Å². The van der Waals surface area contributed by atoms with Crippen molar-refractivity contribution in [3.05, 3.63) is 17.3 Å². The van der Waals surface area contributed by atoms with Crippen LogP contribution >= 0.6 is 0 Å². The number of carboxylic acid groups (broad SMARTS) is 1. The van der Waals surface area contributed by atoms with E-state index in [4.69, 9.17) is 4.42 Å². The minimum atomic E-state index is -0.992. The second-order valence-electron chi connectivity index (χ2n) is 4.98. The van der Waals surface area contributed by atoms with Crippen LogP contribution in [0.25, 0.3) is 0 Å². The predicted octanol–water partition coefficient (Wildman–Crippen LogP) is 1.66. The smallest absolute Gasteiger partial charge is 0.326 e. The number of carbonyl (C=O) groups excluding carboxylic acids is 1. The second-order valence-corrected chi connectivity index (χ2v) is 4.98. The Hall–Kier alpha value is -1.85. The van der Waals surface area contributed by atoms with Crippen molar-refractivity contribution in [2.24, 2.45) is 5.92 Å². The van der Waals surface area contributed by atoms with E-state index in [1.807, 2.05) is 0 Å². The van der Waals surface area contributed by atoms with Crippen molar-refractivity contribution in [2.75, 3.05) is 0 Å². The first-order valence-electron chi connectivity index (χ1n) is 6.46. The molecule has 6 heteroatoms. The van der Waals surface area contributed by atoms with Gasteiger partial charge in [0.2, 0.25) is 5.76 Å². The van der Waals surface area contributed by atoms with Crippen molar-refractivity contribution in [2.45, 2.75) is 45.6 Å². The van der Waals surface area contributed by atoms with Gasteiger partial charge < -0.3 is 14.8 Å². The number of nitrogens with one attached hydrogen (secondary N) is 1. The number of carbonyl (C=O) groups is 2. The van der Waals surface area contributed by atoms with Gasteiger partial charge in [0.25, 0.3) is 5.91 Å².